The van der Waals surface area contributed by atoms with E-state index in [2.05, 4.69) is 10.5 Å². The number of carbonyl (C=O) groups is 2. The Balaban J connectivity index is 1.23. The number of fused-ring (bicyclic) bond motifs is 2. The van der Waals surface area contributed by atoms with Crippen LogP contribution in [0.25, 0.3) is 10.8 Å². The van der Waals surface area contributed by atoms with Gasteiger partial charge in [0.1, 0.15) is 11.5 Å². The molecule has 0 saturated carbocycles. The van der Waals surface area contributed by atoms with Crippen molar-refractivity contribution >= 4 is 40.2 Å². The molecule has 1 aliphatic rings. The minimum Gasteiger partial charge on any atom is -0.490 e. The molecule has 1 N–H and O–H groups in total. The molecule has 0 fully saturated rings. The van der Waals surface area contributed by atoms with Crippen LogP contribution in [0.1, 0.15) is 22.2 Å². The molecule has 2 heterocycles. The van der Waals surface area contributed by atoms with Gasteiger partial charge >= 0.3 is 5.97 Å². The van der Waals surface area contributed by atoms with Gasteiger partial charge in [-0.2, -0.15) is 5.10 Å². The average Bonchev–Trinajstić information content (AvgIpc) is 3.44. The topological polar surface area (TPSA) is 95.5 Å². The first-order chi connectivity index (χ1) is 17.6. The summed E-state index contributed by atoms with van der Waals surface area (Å²) in [6.45, 7) is 2.29. The van der Waals surface area contributed by atoms with Crippen molar-refractivity contribution in [2.45, 2.75) is 13.0 Å². The lowest BCUT2D eigenvalue weighted by Crippen LogP contribution is -2.42. The van der Waals surface area contributed by atoms with Crippen LogP contribution in [0.15, 0.2) is 77.2 Å². The molecule has 36 heavy (non-hydrogen) atoms. The maximum absolute atomic E-state index is 12.6. The molecular formula is C27H22N2O6S. The van der Waals surface area contributed by atoms with Crippen LogP contribution in [-0.4, -0.2) is 37.4 Å². The standard InChI is InChI=1S/C27H22N2O6S/c1-2-32-21-12-17(9-10-20(21)35-27(31)25-8-5-11-36-25)15-28-29-26(30)24-16-33-22-13-18-6-3-4-7-19(18)14-23(22)34-24/h3-15,24H,2,16H2,1H3,(H,29,30)/b28-15-. The summed E-state index contributed by atoms with van der Waals surface area (Å²) in [5.74, 6) is 0.920. The third kappa shape index (κ3) is 5.16. The molecule has 0 radical (unpaired) electrons. The minimum atomic E-state index is -0.839. The molecule has 4 aromatic rings. The van der Waals surface area contributed by atoms with Crippen LogP contribution in [0.2, 0.25) is 0 Å². The van der Waals surface area contributed by atoms with Crippen molar-refractivity contribution in [1.29, 1.82) is 0 Å². The summed E-state index contributed by atoms with van der Waals surface area (Å²) in [5, 5.41) is 7.87. The number of amides is 1. The third-order valence-corrected chi connectivity index (χ3v) is 6.19. The first-order valence-electron chi connectivity index (χ1n) is 11.3. The van der Waals surface area contributed by atoms with Crippen molar-refractivity contribution < 1.29 is 28.5 Å². The maximum Gasteiger partial charge on any atom is 0.353 e. The molecule has 1 atom stereocenters. The number of thiophene rings is 1. The molecule has 9 heteroatoms. The summed E-state index contributed by atoms with van der Waals surface area (Å²) in [4.78, 5) is 25.4. The molecular weight excluding hydrogens is 480 g/mol. The van der Waals surface area contributed by atoms with Gasteiger partial charge in [0.15, 0.2) is 23.0 Å². The van der Waals surface area contributed by atoms with Gasteiger partial charge in [0.05, 0.1) is 12.8 Å². The summed E-state index contributed by atoms with van der Waals surface area (Å²) in [5.41, 5.74) is 3.13. The van der Waals surface area contributed by atoms with E-state index in [0.717, 1.165) is 10.8 Å². The number of nitrogens with zero attached hydrogens (tertiary/aromatic N) is 1. The number of rotatable bonds is 7. The maximum atomic E-state index is 12.6. The fourth-order valence-corrected chi connectivity index (χ4v) is 4.23. The summed E-state index contributed by atoms with van der Waals surface area (Å²) in [7, 11) is 0. The fraction of sp³-hybridized carbons (Fsp3) is 0.148. The van der Waals surface area contributed by atoms with E-state index in [4.69, 9.17) is 18.9 Å². The summed E-state index contributed by atoms with van der Waals surface area (Å²) in [6.07, 6.45) is 0.630. The molecule has 182 valence electrons. The zero-order valence-electron chi connectivity index (χ0n) is 19.3. The molecule has 0 spiro atoms. The van der Waals surface area contributed by atoms with Crippen LogP contribution in [0.5, 0.6) is 23.0 Å². The summed E-state index contributed by atoms with van der Waals surface area (Å²) >= 11 is 1.30. The number of hydrogen-bond acceptors (Lipinski definition) is 8. The monoisotopic (exact) mass is 502 g/mol. The Morgan fingerprint density at radius 3 is 2.61 bits per heavy atom. The van der Waals surface area contributed by atoms with Gasteiger partial charge in [-0.25, -0.2) is 10.2 Å². The summed E-state index contributed by atoms with van der Waals surface area (Å²) in [6, 6.07) is 20.1. The molecule has 0 bridgehead atoms. The van der Waals surface area contributed by atoms with Gasteiger partial charge in [-0.1, -0.05) is 30.3 Å². The van der Waals surface area contributed by atoms with E-state index in [1.165, 1.54) is 17.6 Å². The SMILES string of the molecule is CCOc1cc(/C=N\NC(=O)C2COc3cc4ccccc4cc3O2)ccc1OC(=O)c1cccs1. The highest BCUT2D eigenvalue weighted by atomic mass is 32.1. The lowest BCUT2D eigenvalue weighted by Gasteiger charge is -2.25. The Labute approximate surface area is 211 Å². The van der Waals surface area contributed by atoms with Crippen molar-refractivity contribution in [2.24, 2.45) is 5.10 Å². The van der Waals surface area contributed by atoms with E-state index >= 15 is 0 Å². The Bertz CT molecular complexity index is 1430. The molecule has 1 unspecified atom stereocenters. The van der Waals surface area contributed by atoms with E-state index < -0.39 is 18.0 Å². The second-order valence-corrected chi connectivity index (χ2v) is 8.75. The second-order valence-electron chi connectivity index (χ2n) is 7.80. The Morgan fingerprint density at radius 1 is 1.06 bits per heavy atom. The molecule has 3 aromatic carbocycles. The number of hydrazone groups is 1. The lowest BCUT2D eigenvalue weighted by molar-refractivity contribution is -0.130. The van der Waals surface area contributed by atoms with Crippen LogP contribution in [0.3, 0.4) is 0 Å². The van der Waals surface area contributed by atoms with E-state index in [1.807, 2.05) is 43.3 Å². The number of nitrogens with one attached hydrogen (secondary N) is 1. The van der Waals surface area contributed by atoms with E-state index in [1.54, 1.807) is 35.7 Å². The normalized spacial score (nSPS) is 14.5. The van der Waals surface area contributed by atoms with Crippen molar-refractivity contribution in [1.82, 2.24) is 5.43 Å². The molecule has 0 aliphatic carbocycles. The largest absolute Gasteiger partial charge is 0.490 e. The molecule has 8 nitrogen and oxygen atoms in total. The van der Waals surface area contributed by atoms with Crippen LogP contribution < -0.4 is 24.4 Å². The number of ether oxygens (including phenoxy) is 4. The van der Waals surface area contributed by atoms with Gasteiger partial charge in [-0.15, -0.1) is 11.3 Å². The first kappa shape index (κ1) is 23.4. The fourth-order valence-electron chi connectivity index (χ4n) is 3.63. The van der Waals surface area contributed by atoms with Crippen LogP contribution in [-0.2, 0) is 4.79 Å². The van der Waals surface area contributed by atoms with Crippen molar-refractivity contribution in [3.8, 4) is 23.0 Å². The number of benzene rings is 3. The predicted octanol–water partition coefficient (Wildman–Crippen LogP) is 4.81. The van der Waals surface area contributed by atoms with Gasteiger partial charge in [0.2, 0.25) is 6.10 Å². The zero-order valence-corrected chi connectivity index (χ0v) is 20.1. The molecule has 0 saturated heterocycles. The van der Waals surface area contributed by atoms with Gasteiger partial charge in [0, 0.05) is 0 Å². The van der Waals surface area contributed by atoms with E-state index in [0.29, 0.717) is 40.0 Å². The third-order valence-electron chi connectivity index (χ3n) is 5.34. The molecule has 1 aromatic heterocycles. The molecule has 5 rings (SSSR count). The highest BCUT2D eigenvalue weighted by Gasteiger charge is 2.27. The van der Waals surface area contributed by atoms with Crippen molar-refractivity contribution in [2.75, 3.05) is 13.2 Å². The van der Waals surface area contributed by atoms with Gasteiger partial charge in [-0.3, -0.25) is 4.79 Å². The summed E-state index contributed by atoms with van der Waals surface area (Å²) < 4.78 is 22.7. The molecule has 1 aliphatic heterocycles. The number of hydrogen-bond donors (Lipinski definition) is 1. The van der Waals surface area contributed by atoms with E-state index in [9.17, 15) is 9.59 Å². The smallest absolute Gasteiger partial charge is 0.353 e. The second kappa shape index (κ2) is 10.5. The van der Waals surface area contributed by atoms with Crippen molar-refractivity contribution in [3.05, 3.63) is 82.6 Å². The Kier molecular flexibility index (Phi) is 6.81. The highest BCUT2D eigenvalue weighted by molar-refractivity contribution is 7.12. The van der Waals surface area contributed by atoms with Gasteiger partial charge < -0.3 is 18.9 Å². The Morgan fingerprint density at radius 2 is 1.86 bits per heavy atom. The van der Waals surface area contributed by atoms with Gasteiger partial charge in [-0.05, 0) is 65.0 Å². The lowest BCUT2D eigenvalue weighted by atomic mass is 10.1. The van der Waals surface area contributed by atoms with Crippen LogP contribution in [0.4, 0.5) is 0 Å². The quantitative estimate of drug-likeness (QED) is 0.169. The van der Waals surface area contributed by atoms with Crippen LogP contribution in [0, 0.1) is 0 Å². The van der Waals surface area contributed by atoms with E-state index in [-0.39, 0.29) is 6.61 Å². The minimum absolute atomic E-state index is 0.0749. The zero-order chi connectivity index (χ0) is 24.9. The average molecular weight is 503 g/mol. The Hall–Kier alpha value is -4.37. The highest BCUT2D eigenvalue weighted by Crippen LogP contribution is 2.36. The van der Waals surface area contributed by atoms with Crippen LogP contribution >= 0.6 is 11.3 Å². The predicted molar refractivity (Wildman–Crippen MR) is 136 cm³/mol. The number of carbonyl (C=O) groups excluding carboxylic acids is 2. The number of esters is 1. The first-order valence-corrected chi connectivity index (χ1v) is 12.2. The van der Waals surface area contributed by atoms with Crippen molar-refractivity contribution in [3.63, 3.8) is 0 Å². The molecule has 1 amide bonds. The van der Waals surface area contributed by atoms with Gasteiger partial charge in [0.25, 0.3) is 5.91 Å².